The Morgan fingerprint density at radius 3 is 2.63 bits per heavy atom. The maximum atomic E-state index is 11.4. The highest BCUT2D eigenvalue weighted by molar-refractivity contribution is 7.91. The molecule has 1 atom stereocenters. The Labute approximate surface area is 115 Å². The third-order valence-corrected chi connectivity index (χ3v) is 5.54. The number of benzene rings is 1. The molecule has 1 aromatic rings. The van der Waals surface area contributed by atoms with Gasteiger partial charge in [-0.3, -0.25) is 0 Å². The van der Waals surface area contributed by atoms with Crippen molar-refractivity contribution >= 4 is 9.84 Å². The third kappa shape index (κ3) is 4.05. The minimum Gasteiger partial charge on any atom is -0.388 e. The molecule has 0 amide bonds. The van der Waals surface area contributed by atoms with Gasteiger partial charge in [-0.2, -0.15) is 0 Å². The first-order chi connectivity index (χ1) is 9.03. The highest BCUT2D eigenvalue weighted by Gasteiger charge is 2.27. The van der Waals surface area contributed by atoms with Gasteiger partial charge in [0.15, 0.2) is 0 Å². The summed E-state index contributed by atoms with van der Waals surface area (Å²) in [6.07, 6.45) is 2.91. The zero-order chi connectivity index (χ0) is 13.9. The van der Waals surface area contributed by atoms with Gasteiger partial charge >= 0.3 is 0 Å². The van der Waals surface area contributed by atoms with E-state index >= 15 is 0 Å². The minimum absolute atomic E-state index is 0.173. The standard InChI is InChI=1S/C15H22O3S/c1-2-19(17,18)11-5-8-15(16)14-7-4-3-6-13(14)12-9-10-12/h3-4,6-7,12,15-16H,2,5,8-11H2,1H3. The van der Waals surface area contributed by atoms with Gasteiger partial charge in [0.05, 0.1) is 11.9 Å². The Hall–Kier alpha value is -0.870. The fraction of sp³-hybridized carbons (Fsp3) is 0.600. The summed E-state index contributed by atoms with van der Waals surface area (Å²) >= 11 is 0. The average molecular weight is 282 g/mol. The first kappa shape index (κ1) is 14.5. The van der Waals surface area contributed by atoms with Crippen molar-refractivity contribution in [2.45, 2.75) is 44.6 Å². The van der Waals surface area contributed by atoms with Crippen molar-refractivity contribution in [3.05, 3.63) is 35.4 Å². The van der Waals surface area contributed by atoms with Gasteiger partial charge in [0, 0.05) is 5.75 Å². The lowest BCUT2D eigenvalue weighted by Crippen LogP contribution is -2.10. The van der Waals surface area contributed by atoms with Crippen LogP contribution in [0.25, 0.3) is 0 Å². The van der Waals surface area contributed by atoms with Gasteiger partial charge in [-0.15, -0.1) is 0 Å². The van der Waals surface area contributed by atoms with Crippen molar-refractivity contribution in [3.8, 4) is 0 Å². The van der Waals surface area contributed by atoms with E-state index in [1.54, 1.807) is 6.92 Å². The minimum atomic E-state index is -2.92. The van der Waals surface area contributed by atoms with E-state index in [0.717, 1.165) is 5.56 Å². The topological polar surface area (TPSA) is 54.4 Å². The Kier molecular flexibility index (Phi) is 4.63. The molecule has 1 aromatic carbocycles. The Morgan fingerprint density at radius 2 is 2.00 bits per heavy atom. The van der Waals surface area contributed by atoms with E-state index in [4.69, 9.17) is 0 Å². The number of hydrogen-bond acceptors (Lipinski definition) is 3. The van der Waals surface area contributed by atoms with Crippen LogP contribution in [-0.2, 0) is 9.84 Å². The molecule has 0 saturated heterocycles. The van der Waals surface area contributed by atoms with E-state index in [2.05, 4.69) is 6.07 Å². The molecule has 1 fully saturated rings. The Morgan fingerprint density at radius 1 is 1.32 bits per heavy atom. The number of hydrogen-bond donors (Lipinski definition) is 1. The van der Waals surface area contributed by atoms with E-state index < -0.39 is 15.9 Å². The molecule has 0 aliphatic heterocycles. The van der Waals surface area contributed by atoms with Gasteiger partial charge in [-0.05, 0) is 42.7 Å². The smallest absolute Gasteiger partial charge is 0.150 e. The fourth-order valence-electron chi connectivity index (χ4n) is 2.38. The van der Waals surface area contributed by atoms with Crippen LogP contribution in [-0.4, -0.2) is 25.0 Å². The molecule has 0 aromatic heterocycles. The van der Waals surface area contributed by atoms with Gasteiger partial charge in [0.25, 0.3) is 0 Å². The van der Waals surface area contributed by atoms with Crippen molar-refractivity contribution in [3.63, 3.8) is 0 Å². The molecule has 1 aliphatic rings. The second kappa shape index (κ2) is 6.06. The average Bonchev–Trinajstić information content (AvgIpc) is 3.23. The molecule has 1 saturated carbocycles. The normalized spacial score (nSPS) is 17.4. The molecule has 0 spiro atoms. The zero-order valence-corrected chi connectivity index (χ0v) is 12.2. The summed E-state index contributed by atoms with van der Waals surface area (Å²) in [6, 6.07) is 7.99. The van der Waals surface area contributed by atoms with E-state index in [0.29, 0.717) is 18.8 Å². The lowest BCUT2D eigenvalue weighted by atomic mass is 9.96. The molecule has 1 unspecified atom stereocenters. The molecular weight excluding hydrogens is 260 g/mol. The first-order valence-electron chi connectivity index (χ1n) is 7.01. The summed E-state index contributed by atoms with van der Waals surface area (Å²) in [5.41, 5.74) is 2.23. The van der Waals surface area contributed by atoms with Gasteiger partial charge in [0.1, 0.15) is 9.84 Å². The van der Waals surface area contributed by atoms with Crippen LogP contribution in [0.4, 0.5) is 0 Å². The second-order valence-corrected chi connectivity index (χ2v) is 7.77. The molecular formula is C15H22O3S. The van der Waals surface area contributed by atoms with E-state index in [1.807, 2.05) is 18.2 Å². The number of aliphatic hydroxyl groups is 1. The second-order valence-electron chi connectivity index (χ2n) is 5.30. The van der Waals surface area contributed by atoms with Gasteiger partial charge < -0.3 is 5.11 Å². The summed E-state index contributed by atoms with van der Waals surface area (Å²) in [4.78, 5) is 0. The fourth-order valence-corrected chi connectivity index (χ4v) is 3.27. The third-order valence-electron chi connectivity index (χ3n) is 3.74. The summed E-state index contributed by atoms with van der Waals surface area (Å²) in [5, 5.41) is 10.3. The predicted octanol–water partition coefficient (Wildman–Crippen LogP) is 2.81. The summed E-state index contributed by atoms with van der Waals surface area (Å²) < 4.78 is 22.8. The van der Waals surface area contributed by atoms with Crippen molar-refractivity contribution < 1.29 is 13.5 Å². The number of rotatable bonds is 7. The van der Waals surface area contributed by atoms with Gasteiger partial charge in [-0.1, -0.05) is 31.2 Å². The van der Waals surface area contributed by atoms with Gasteiger partial charge in [0.2, 0.25) is 0 Å². The Bertz CT molecular complexity index is 518. The zero-order valence-electron chi connectivity index (χ0n) is 11.4. The number of sulfone groups is 1. The highest BCUT2D eigenvalue weighted by Crippen LogP contribution is 2.43. The van der Waals surface area contributed by atoms with Crippen LogP contribution < -0.4 is 0 Å². The SMILES string of the molecule is CCS(=O)(=O)CCCC(O)c1ccccc1C1CC1. The lowest BCUT2D eigenvalue weighted by Gasteiger charge is -2.15. The predicted molar refractivity (Wildman–Crippen MR) is 76.9 cm³/mol. The monoisotopic (exact) mass is 282 g/mol. The summed E-state index contributed by atoms with van der Waals surface area (Å²) in [7, 11) is -2.92. The van der Waals surface area contributed by atoms with Crippen LogP contribution in [0.1, 0.15) is 55.8 Å². The molecule has 0 radical (unpaired) electrons. The summed E-state index contributed by atoms with van der Waals surface area (Å²) in [6.45, 7) is 1.66. The van der Waals surface area contributed by atoms with Crippen LogP contribution in [0.3, 0.4) is 0 Å². The maximum absolute atomic E-state index is 11.4. The van der Waals surface area contributed by atoms with Crippen LogP contribution in [0.2, 0.25) is 0 Å². The molecule has 1 N–H and O–H groups in total. The van der Waals surface area contributed by atoms with Crippen molar-refractivity contribution in [2.75, 3.05) is 11.5 Å². The maximum Gasteiger partial charge on any atom is 0.150 e. The van der Waals surface area contributed by atoms with Crippen LogP contribution in [0, 0.1) is 0 Å². The molecule has 4 heteroatoms. The molecule has 1 aliphatic carbocycles. The van der Waals surface area contributed by atoms with Gasteiger partial charge in [-0.25, -0.2) is 8.42 Å². The lowest BCUT2D eigenvalue weighted by molar-refractivity contribution is 0.165. The van der Waals surface area contributed by atoms with E-state index in [1.165, 1.54) is 18.4 Å². The number of aliphatic hydroxyl groups excluding tert-OH is 1. The largest absolute Gasteiger partial charge is 0.388 e. The van der Waals surface area contributed by atoms with Crippen molar-refractivity contribution in [1.29, 1.82) is 0 Å². The van der Waals surface area contributed by atoms with Crippen LogP contribution in [0.5, 0.6) is 0 Å². The van der Waals surface area contributed by atoms with E-state index in [-0.39, 0.29) is 11.5 Å². The highest BCUT2D eigenvalue weighted by atomic mass is 32.2. The summed E-state index contributed by atoms with van der Waals surface area (Å²) in [5.74, 6) is 0.957. The molecule has 19 heavy (non-hydrogen) atoms. The van der Waals surface area contributed by atoms with Crippen molar-refractivity contribution in [1.82, 2.24) is 0 Å². The van der Waals surface area contributed by atoms with Crippen LogP contribution in [0.15, 0.2) is 24.3 Å². The van der Waals surface area contributed by atoms with Crippen LogP contribution >= 0.6 is 0 Å². The first-order valence-corrected chi connectivity index (χ1v) is 8.83. The van der Waals surface area contributed by atoms with Crippen molar-refractivity contribution in [2.24, 2.45) is 0 Å². The molecule has 0 bridgehead atoms. The molecule has 0 heterocycles. The Balaban J connectivity index is 1.95. The van der Waals surface area contributed by atoms with E-state index in [9.17, 15) is 13.5 Å². The molecule has 3 nitrogen and oxygen atoms in total. The molecule has 106 valence electrons. The molecule has 2 rings (SSSR count). The quantitative estimate of drug-likeness (QED) is 0.836.